The highest BCUT2D eigenvalue weighted by Crippen LogP contribution is 2.37. The van der Waals surface area contributed by atoms with Gasteiger partial charge < -0.3 is 24.3 Å². The Labute approximate surface area is 234 Å². The average Bonchev–Trinajstić information content (AvgIpc) is 3.62. The SMILES string of the molecule is CN1CCC(CC2NCc3c2nc(-c2ccc4c(cnn4C4CCCCO4)c2)n3COCC[Si](C)(C)C)CC1. The van der Waals surface area contributed by atoms with Crippen molar-refractivity contribution in [1.29, 1.82) is 0 Å². The van der Waals surface area contributed by atoms with Crippen molar-refractivity contribution >= 4 is 19.0 Å². The van der Waals surface area contributed by atoms with E-state index in [-0.39, 0.29) is 6.23 Å². The summed E-state index contributed by atoms with van der Waals surface area (Å²) in [5.41, 5.74) is 4.78. The minimum absolute atomic E-state index is 0.0408. The number of aromatic nitrogens is 4. The molecular weight excluding hydrogens is 504 g/mol. The van der Waals surface area contributed by atoms with E-state index in [1.807, 2.05) is 6.20 Å². The number of ether oxygens (including phenoxy) is 2. The highest BCUT2D eigenvalue weighted by atomic mass is 28.3. The lowest BCUT2D eigenvalue weighted by atomic mass is 9.90. The van der Waals surface area contributed by atoms with E-state index in [9.17, 15) is 0 Å². The summed E-state index contributed by atoms with van der Waals surface area (Å²) in [5.74, 6) is 1.78. The maximum absolute atomic E-state index is 6.30. The van der Waals surface area contributed by atoms with Crippen LogP contribution in [0.2, 0.25) is 25.7 Å². The molecule has 0 aliphatic carbocycles. The fraction of sp³-hybridized carbons (Fsp3) is 0.667. The van der Waals surface area contributed by atoms with Crippen LogP contribution in [0.15, 0.2) is 24.4 Å². The lowest BCUT2D eigenvalue weighted by molar-refractivity contribution is -0.0366. The van der Waals surface area contributed by atoms with Gasteiger partial charge in [-0.1, -0.05) is 19.6 Å². The largest absolute Gasteiger partial charge is 0.361 e. The quantitative estimate of drug-likeness (QED) is 0.269. The second-order valence-electron chi connectivity index (χ2n) is 13.1. The molecule has 2 atom stereocenters. The van der Waals surface area contributed by atoms with Crippen LogP contribution in [0.25, 0.3) is 22.3 Å². The molecule has 1 N–H and O–H groups in total. The zero-order valence-corrected chi connectivity index (χ0v) is 25.3. The van der Waals surface area contributed by atoms with Gasteiger partial charge in [-0.05, 0) is 88.8 Å². The Morgan fingerprint density at radius 1 is 1.13 bits per heavy atom. The number of likely N-dealkylation sites (tertiary alicyclic amines) is 1. The zero-order valence-electron chi connectivity index (χ0n) is 24.3. The molecule has 3 aromatic rings. The standard InChI is InChI=1S/C30H46N6O2Si/c1-34-12-10-22(11-13-34)17-25-29-27(20-31-25)35(21-37-15-16-39(2,3)4)30(33-29)23-8-9-26-24(18-23)19-32-36(26)28-7-5-6-14-38-28/h8-9,18-19,22,25,28,31H,5-7,10-17,20-21H2,1-4H3. The average molecular weight is 551 g/mol. The first-order valence-corrected chi connectivity index (χ1v) is 18.7. The summed E-state index contributed by atoms with van der Waals surface area (Å²) >= 11 is 0. The van der Waals surface area contributed by atoms with Gasteiger partial charge >= 0.3 is 0 Å². The van der Waals surface area contributed by atoms with Crippen molar-refractivity contribution in [3.63, 3.8) is 0 Å². The van der Waals surface area contributed by atoms with E-state index < -0.39 is 8.07 Å². The third-order valence-electron chi connectivity index (χ3n) is 8.86. The summed E-state index contributed by atoms with van der Waals surface area (Å²) in [6.07, 6.45) is 9.10. The van der Waals surface area contributed by atoms with Gasteiger partial charge in [-0.15, -0.1) is 0 Å². The van der Waals surface area contributed by atoms with Gasteiger partial charge in [0.15, 0.2) is 6.23 Å². The number of imidazole rings is 1. The topological polar surface area (TPSA) is 69.4 Å². The Morgan fingerprint density at radius 2 is 1.97 bits per heavy atom. The highest BCUT2D eigenvalue weighted by molar-refractivity contribution is 6.76. The van der Waals surface area contributed by atoms with Crippen molar-refractivity contribution in [1.82, 2.24) is 29.5 Å². The molecule has 5 heterocycles. The molecule has 2 aromatic heterocycles. The lowest BCUT2D eigenvalue weighted by Crippen LogP contribution is -2.31. The molecule has 6 rings (SSSR count). The van der Waals surface area contributed by atoms with Crippen LogP contribution in [0, 0.1) is 5.92 Å². The number of hydrogen-bond acceptors (Lipinski definition) is 6. The molecule has 3 aliphatic rings. The number of nitrogens with one attached hydrogen (secondary N) is 1. The summed E-state index contributed by atoms with van der Waals surface area (Å²) in [6.45, 7) is 12.7. The van der Waals surface area contributed by atoms with Gasteiger partial charge in [0.2, 0.25) is 0 Å². The summed E-state index contributed by atoms with van der Waals surface area (Å²) in [4.78, 5) is 7.77. The first-order chi connectivity index (χ1) is 18.9. The molecule has 9 heteroatoms. The number of benzene rings is 1. The van der Waals surface area contributed by atoms with Gasteiger partial charge in [0.25, 0.3) is 0 Å². The van der Waals surface area contributed by atoms with Gasteiger partial charge in [0.1, 0.15) is 12.6 Å². The molecular formula is C30H46N6O2Si. The fourth-order valence-electron chi connectivity index (χ4n) is 6.34. The molecule has 8 nitrogen and oxygen atoms in total. The number of piperidine rings is 1. The van der Waals surface area contributed by atoms with E-state index in [0.717, 1.165) is 60.8 Å². The van der Waals surface area contributed by atoms with Gasteiger partial charge in [-0.3, -0.25) is 0 Å². The number of rotatable bonds is 9. The monoisotopic (exact) mass is 550 g/mol. The Kier molecular flexibility index (Phi) is 7.97. The summed E-state index contributed by atoms with van der Waals surface area (Å²) in [6, 6.07) is 8.14. The number of nitrogens with zero attached hydrogens (tertiary/aromatic N) is 5. The summed E-state index contributed by atoms with van der Waals surface area (Å²) in [5, 5.41) is 9.65. The molecule has 3 aliphatic heterocycles. The van der Waals surface area contributed by atoms with Crippen LogP contribution in [-0.2, 0) is 22.7 Å². The minimum Gasteiger partial charge on any atom is -0.361 e. The molecule has 2 saturated heterocycles. The van der Waals surface area contributed by atoms with Gasteiger partial charge in [-0.25, -0.2) is 9.67 Å². The Hall–Kier alpha value is -2.04. The first kappa shape index (κ1) is 27.1. The van der Waals surface area contributed by atoms with Crippen molar-refractivity contribution in [2.75, 3.05) is 33.4 Å². The number of fused-ring (bicyclic) bond motifs is 2. The van der Waals surface area contributed by atoms with E-state index in [2.05, 4.69) is 64.4 Å². The zero-order chi connectivity index (χ0) is 27.0. The third kappa shape index (κ3) is 6.02. The van der Waals surface area contributed by atoms with Crippen molar-refractivity contribution in [3.8, 4) is 11.4 Å². The van der Waals surface area contributed by atoms with Crippen LogP contribution >= 0.6 is 0 Å². The van der Waals surface area contributed by atoms with Crippen LogP contribution in [-0.4, -0.2) is 65.7 Å². The van der Waals surface area contributed by atoms with Gasteiger partial charge in [-0.2, -0.15) is 5.10 Å². The molecule has 0 radical (unpaired) electrons. The third-order valence-corrected chi connectivity index (χ3v) is 10.6. The highest BCUT2D eigenvalue weighted by Gasteiger charge is 2.32. The van der Waals surface area contributed by atoms with Crippen molar-refractivity contribution in [2.24, 2.45) is 5.92 Å². The summed E-state index contributed by atoms with van der Waals surface area (Å²) < 4.78 is 16.7. The lowest BCUT2D eigenvalue weighted by Gasteiger charge is -2.30. The van der Waals surface area contributed by atoms with E-state index in [0.29, 0.717) is 12.8 Å². The van der Waals surface area contributed by atoms with Crippen LogP contribution < -0.4 is 5.32 Å². The van der Waals surface area contributed by atoms with Crippen LogP contribution in [0.4, 0.5) is 0 Å². The maximum atomic E-state index is 6.30. The normalized spacial score (nSPS) is 23.1. The van der Waals surface area contributed by atoms with Gasteiger partial charge in [0, 0.05) is 38.8 Å². The Morgan fingerprint density at radius 3 is 2.74 bits per heavy atom. The number of hydrogen-bond donors (Lipinski definition) is 1. The van der Waals surface area contributed by atoms with E-state index in [4.69, 9.17) is 19.6 Å². The van der Waals surface area contributed by atoms with Crippen molar-refractivity contribution in [3.05, 3.63) is 35.8 Å². The molecule has 39 heavy (non-hydrogen) atoms. The molecule has 0 amide bonds. The van der Waals surface area contributed by atoms with Crippen LogP contribution in [0.3, 0.4) is 0 Å². The fourth-order valence-corrected chi connectivity index (χ4v) is 7.10. The summed E-state index contributed by atoms with van der Waals surface area (Å²) in [7, 11) is 1.09. The predicted molar refractivity (Wildman–Crippen MR) is 158 cm³/mol. The molecule has 0 bridgehead atoms. The van der Waals surface area contributed by atoms with Gasteiger partial charge in [0.05, 0.1) is 29.1 Å². The van der Waals surface area contributed by atoms with Crippen LogP contribution in [0.5, 0.6) is 0 Å². The second-order valence-corrected chi connectivity index (χ2v) is 18.8. The van der Waals surface area contributed by atoms with E-state index in [1.54, 1.807) is 0 Å². The molecule has 2 fully saturated rings. The predicted octanol–water partition coefficient (Wildman–Crippen LogP) is 5.79. The van der Waals surface area contributed by atoms with Crippen molar-refractivity contribution in [2.45, 2.75) is 89.8 Å². The Bertz CT molecular complexity index is 1270. The second kappa shape index (κ2) is 11.4. The maximum Gasteiger partial charge on any atom is 0.150 e. The smallest absolute Gasteiger partial charge is 0.150 e. The molecule has 0 spiro atoms. The van der Waals surface area contributed by atoms with E-state index in [1.165, 1.54) is 56.2 Å². The first-order valence-electron chi connectivity index (χ1n) is 15.0. The minimum atomic E-state index is -1.15. The van der Waals surface area contributed by atoms with Crippen molar-refractivity contribution < 1.29 is 9.47 Å². The molecule has 1 aromatic carbocycles. The van der Waals surface area contributed by atoms with Crippen LogP contribution in [0.1, 0.15) is 62.2 Å². The van der Waals surface area contributed by atoms with E-state index >= 15 is 0 Å². The molecule has 212 valence electrons. The molecule has 2 unspecified atom stereocenters. The molecule has 0 saturated carbocycles. The Balaban J connectivity index is 1.27.